The number of aromatic carboxylic acids is 1. The number of ether oxygens (including phenoxy) is 1. The summed E-state index contributed by atoms with van der Waals surface area (Å²) in [5, 5.41) is 9.03. The monoisotopic (exact) mass is 265 g/mol. The fraction of sp³-hybridized carbons (Fsp3) is 0.462. The van der Waals surface area contributed by atoms with Gasteiger partial charge in [-0.2, -0.15) is 0 Å². The number of rotatable bonds is 3. The zero-order valence-corrected chi connectivity index (χ0v) is 10.8. The molecule has 2 rings (SSSR count). The van der Waals surface area contributed by atoms with Gasteiger partial charge >= 0.3 is 11.9 Å². The maximum Gasteiger partial charge on any atom is 0.341 e. The Bertz CT molecular complexity index is 583. The Hall–Kier alpha value is -2.11. The van der Waals surface area contributed by atoms with Crippen molar-refractivity contribution in [1.29, 1.82) is 0 Å². The Labute approximate surface area is 109 Å². The van der Waals surface area contributed by atoms with Gasteiger partial charge in [0.1, 0.15) is 5.56 Å². The number of carbonyl (C=O) groups excluding carboxylic acids is 1. The molecule has 1 aliphatic rings. The van der Waals surface area contributed by atoms with Crippen molar-refractivity contribution in [3.8, 4) is 0 Å². The lowest BCUT2D eigenvalue weighted by molar-refractivity contribution is -0.149. The Kier molecular flexibility index (Phi) is 3.42. The summed E-state index contributed by atoms with van der Waals surface area (Å²) in [6.07, 6.45) is 2.60. The van der Waals surface area contributed by atoms with Gasteiger partial charge in [0.15, 0.2) is 0 Å². The SMILES string of the molecule is COC(=O)C1CC(n2ccc(C)c(C(=O)O)c2=O)C1. The molecule has 1 aliphatic carbocycles. The third-order valence-electron chi connectivity index (χ3n) is 3.58. The first-order valence-corrected chi connectivity index (χ1v) is 5.98. The summed E-state index contributed by atoms with van der Waals surface area (Å²) in [7, 11) is 1.33. The average Bonchev–Trinajstić information content (AvgIpc) is 2.29. The van der Waals surface area contributed by atoms with Gasteiger partial charge in [0.25, 0.3) is 5.56 Å². The molecule has 6 heteroatoms. The highest BCUT2D eigenvalue weighted by Gasteiger charge is 2.37. The second-order valence-electron chi connectivity index (χ2n) is 4.74. The number of carboxylic acid groups (broad SMARTS) is 1. The van der Waals surface area contributed by atoms with E-state index < -0.39 is 11.5 Å². The Morgan fingerprint density at radius 1 is 1.42 bits per heavy atom. The second-order valence-corrected chi connectivity index (χ2v) is 4.74. The fourth-order valence-electron chi connectivity index (χ4n) is 2.36. The number of aryl methyl sites for hydroxylation is 1. The van der Waals surface area contributed by atoms with Gasteiger partial charge in [-0.1, -0.05) is 0 Å². The van der Waals surface area contributed by atoms with E-state index in [9.17, 15) is 14.4 Å². The summed E-state index contributed by atoms with van der Waals surface area (Å²) in [4.78, 5) is 34.4. The summed E-state index contributed by atoms with van der Waals surface area (Å²) >= 11 is 0. The minimum absolute atomic E-state index is 0.129. The van der Waals surface area contributed by atoms with Crippen LogP contribution in [0.5, 0.6) is 0 Å². The van der Waals surface area contributed by atoms with Gasteiger partial charge in [-0.25, -0.2) is 4.79 Å². The molecule has 0 aliphatic heterocycles. The first kappa shape index (κ1) is 13.3. The normalized spacial score (nSPS) is 21.6. The van der Waals surface area contributed by atoms with E-state index in [0.29, 0.717) is 18.4 Å². The molecule has 1 N–H and O–H groups in total. The maximum absolute atomic E-state index is 12.1. The highest BCUT2D eigenvalue weighted by atomic mass is 16.5. The van der Waals surface area contributed by atoms with Gasteiger partial charge in [-0.05, 0) is 31.4 Å². The third kappa shape index (κ3) is 2.25. The van der Waals surface area contributed by atoms with Crippen molar-refractivity contribution in [3.05, 3.63) is 33.7 Å². The zero-order chi connectivity index (χ0) is 14.2. The topological polar surface area (TPSA) is 85.6 Å². The molecule has 1 heterocycles. The minimum Gasteiger partial charge on any atom is -0.477 e. The van der Waals surface area contributed by atoms with Crippen LogP contribution in [0.2, 0.25) is 0 Å². The zero-order valence-electron chi connectivity index (χ0n) is 10.8. The second kappa shape index (κ2) is 4.87. The van der Waals surface area contributed by atoms with Crippen molar-refractivity contribution in [2.24, 2.45) is 5.92 Å². The molecule has 1 saturated carbocycles. The lowest BCUT2D eigenvalue weighted by Gasteiger charge is -2.34. The van der Waals surface area contributed by atoms with E-state index in [1.807, 2.05) is 0 Å². The predicted octanol–water partition coefficient (Wildman–Crippen LogP) is 0.979. The Morgan fingerprint density at radius 3 is 2.58 bits per heavy atom. The molecule has 102 valence electrons. The smallest absolute Gasteiger partial charge is 0.341 e. The van der Waals surface area contributed by atoms with Gasteiger partial charge in [-0.3, -0.25) is 9.59 Å². The third-order valence-corrected chi connectivity index (χ3v) is 3.58. The van der Waals surface area contributed by atoms with Crippen molar-refractivity contribution in [2.75, 3.05) is 7.11 Å². The number of esters is 1. The Morgan fingerprint density at radius 2 is 2.05 bits per heavy atom. The van der Waals surface area contributed by atoms with Crippen LogP contribution in [0.3, 0.4) is 0 Å². The number of carboxylic acids is 1. The van der Waals surface area contributed by atoms with E-state index in [-0.39, 0.29) is 23.5 Å². The van der Waals surface area contributed by atoms with Crippen LogP contribution in [-0.4, -0.2) is 28.7 Å². The van der Waals surface area contributed by atoms with Crippen molar-refractivity contribution >= 4 is 11.9 Å². The van der Waals surface area contributed by atoms with Crippen LogP contribution in [0, 0.1) is 12.8 Å². The quantitative estimate of drug-likeness (QED) is 0.823. The van der Waals surface area contributed by atoms with E-state index in [2.05, 4.69) is 4.74 Å². The molecule has 0 amide bonds. The molecule has 1 aromatic heterocycles. The van der Waals surface area contributed by atoms with Crippen LogP contribution in [0.1, 0.15) is 34.8 Å². The van der Waals surface area contributed by atoms with Crippen LogP contribution < -0.4 is 5.56 Å². The molecule has 19 heavy (non-hydrogen) atoms. The fourth-order valence-corrected chi connectivity index (χ4v) is 2.36. The largest absolute Gasteiger partial charge is 0.477 e. The number of methoxy groups -OCH3 is 1. The summed E-state index contributed by atoms with van der Waals surface area (Å²) in [6, 6.07) is 1.48. The minimum atomic E-state index is -1.22. The van der Waals surface area contributed by atoms with Gasteiger partial charge in [0.05, 0.1) is 13.0 Å². The number of carbonyl (C=O) groups is 2. The lowest BCUT2D eigenvalue weighted by Crippen LogP contribution is -2.39. The van der Waals surface area contributed by atoms with Gasteiger partial charge in [0, 0.05) is 12.2 Å². The first-order chi connectivity index (χ1) is 8.95. The molecule has 1 fully saturated rings. The van der Waals surface area contributed by atoms with Gasteiger partial charge in [-0.15, -0.1) is 0 Å². The summed E-state index contributed by atoms with van der Waals surface area (Å²) in [5.74, 6) is -1.70. The molecule has 0 spiro atoms. The summed E-state index contributed by atoms with van der Waals surface area (Å²) in [5.41, 5.74) is -0.276. The Balaban J connectivity index is 2.25. The van der Waals surface area contributed by atoms with Crippen molar-refractivity contribution < 1.29 is 19.4 Å². The van der Waals surface area contributed by atoms with Gasteiger partial charge < -0.3 is 14.4 Å². The molecule has 1 aromatic rings. The predicted molar refractivity (Wildman–Crippen MR) is 66.2 cm³/mol. The van der Waals surface area contributed by atoms with Crippen molar-refractivity contribution in [1.82, 2.24) is 4.57 Å². The maximum atomic E-state index is 12.1. The van der Waals surface area contributed by atoms with Gasteiger partial charge in [0.2, 0.25) is 0 Å². The van der Waals surface area contributed by atoms with E-state index in [4.69, 9.17) is 5.11 Å². The van der Waals surface area contributed by atoms with E-state index in [0.717, 1.165) is 0 Å². The molecular weight excluding hydrogens is 250 g/mol. The number of hydrogen-bond donors (Lipinski definition) is 1. The molecule has 0 radical (unpaired) electrons. The van der Waals surface area contributed by atoms with Crippen LogP contribution >= 0.6 is 0 Å². The van der Waals surface area contributed by atoms with E-state index >= 15 is 0 Å². The molecule has 0 aromatic carbocycles. The van der Waals surface area contributed by atoms with E-state index in [1.165, 1.54) is 11.7 Å². The molecule has 0 bridgehead atoms. The number of pyridine rings is 1. The van der Waals surface area contributed by atoms with Crippen molar-refractivity contribution in [2.45, 2.75) is 25.8 Å². The van der Waals surface area contributed by atoms with Crippen LogP contribution in [0.4, 0.5) is 0 Å². The lowest BCUT2D eigenvalue weighted by atomic mass is 9.80. The van der Waals surface area contributed by atoms with Crippen LogP contribution in [-0.2, 0) is 9.53 Å². The van der Waals surface area contributed by atoms with Crippen molar-refractivity contribution in [3.63, 3.8) is 0 Å². The number of nitrogens with zero attached hydrogens (tertiary/aromatic N) is 1. The summed E-state index contributed by atoms with van der Waals surface area (Å²) < 4.78 is 6.03. The average molecular weight is 265 g/mol. The molecule has 6 nitrogen and oxygen atoms in total. The summed E-state index contributed by atoms with van der Waals surface area (Å²) in [6.45, 7) is 1.59. The molecule has 0 unspecified atom stereocenters. The number of aromatic nitrogens is 1. The highest BCUT2D eigenvalue weighted by molar-refractivity contribution is 5.88. The molecule has 0 saturated heterocycles. The first-order valence-electron chi connectivity index (χ1n) is 5.98. The van der Waals surface area contributed by atoms with Crippen LogP contribution in [0.25, 0.3) is 0 Å². The van der Waals surface area contributed by atoms with Crippen LogP contribution in [0.15, 0.2) is 17.1 Å². The molecule has 0 atom stereocenters. The molecular formula is C13H15NO5. The highest BCUT2D eigenvalue weighted by Crippen LogP contribution is 2.37. The number of hydrogen-bond acceptors (Lipinski definition) is 4. The van der Waals surface area contributed by atoms with E-state index in [1.54, 1.807) is 19.2 Å². The standard InChI is InChI=1S/C13H15NO5/c1-7-3-4-14(11(15)10(7)12(16)17)9-5-8(6-9)13(18)19-2/h3-4,8-9H,5-6H2,1-2H3,(H,16,17).